The van der Waals surface area contributed by atoms with Gasteiger partial charge in [0, 0.05) is 0 Å². The molecule has 1 fully saturated rings. The molecule has 1 rings (SSSR count). The van der Waals surface area contributed by atoms with E-state index >= 15 is 0 Å². The van der Waals surface area contributed by atoms with Crippen molar-refractivity contribution in [2.24, 2.45) is 23.5 Å². The van der Waals surface area contributed by atoms with Gasteiger partial charge >= 0.3 is 0 Å². The second kappa shape index (κ2) is 5.72. The van der Waals surface area contributed by atoms with Gasteiger partial charge in [-0.05, 0) is 43.6 Å². The third kappa shape index (κ3) is 3.97. The van der Waals surface area contributed by atoms with Crippen LogP contribution in [0.3, 0.4) is 0 Å². The van der Waals surface area contributed by atoms with Crippen LogP contribution in [0.15, 0.2) is 0 Å². The number of hydrogen-bond donors (Lipinski definition) is 1. The first-order valence-corrected chi connectivity index (χ1v) is 5.93. The molecule has 0 radical (unpaired) electrons. The number of ether oxygens (including phenoxy) is 1. The highest BCUT2D eigenvalue weighted by atomic mass is 16.5. The lowest BCUT2D eigenvalue weighted by Gasteiger charge is -2.31. The van der Waals surface area contributed by atoms with Gasteiger partial charge in [-0.1, -0.05) is 20.8 Å². The SMILES string of the molecule is CC(CN)COC1CC(C)CC(C)C1. The highest BCUT2D eigenvalue weighted by Crippen LogP contribution is 2.30. The predicted molar refractivity (Wildman–Crippen MR) is 60.1 cm³/mol. The van der Waals surface area contributed by atoms with E-state index in [1.165, 1.54) is 19.3 Å². The summed E-state index contributed by atoms with van der Waals surface area (Å²) in [7, 11) is 0. The molecule has 3 atom stereocenters. The fourth-order valence-corrected chi connectivity index (χ4v) is 2.38. The Hall–Kier alpha value is -0.0800. The second-order valence-corrected chi connectivity index (χ2v) is 5.21. The average molecular weight is 199 g/mol. The molecular formula is C12H25NO. The third-order valence-electron chi connectivity index (χ3n) is 3.15. The molecule has 14 heavy (non-hydrogen) atoms. The average Bonchev–Trinajstić information content (AvgIpc) is 2.12. The van der Waals surface area contributed by atoms with Gasteiger partial charge in [0.25, 0.3) is 0 Å². The van der Waals surface area contributed by atoms with E-state index in [0.29, 0.717) is 12.0 Å². The van der Waals surface area contributed by atoms with Crippen molar-refractivity contribution in [2.45, 2.75) is 46.1 Å². The van der Waals surface area contributed by atoms with Crippen LogP contribution in [0.4, 0.5) is 0 Å². The molecule has 2 heteroatoms. The quantitative estimate of drug-likeness (QED) is 0.754. The van der Waals surface area contributed by atoms with Crippen molar-refractivity contribution in [3.8, 4) is 0 Å². The van der Waals surface area contributed by atoms with Crippen LogP contribution in [-0.4, -0.2) is 19.3 Å². The van der Waals surface area contributed by atoms with Crippen LogP contribution in [0, 0.1) is 17.8 Å². The van der Waals surface area contributed by atoms with Crippen LogP contribution < -0.4 is 5.73 Å². The van der Waals surface area contributed by atoms with Crippen LogP contribution in [0.25, 0.3) is 0 Å². The van der Waals surface area contributed by atoms with E-state index in [1.807, 2.05) is 0 Å². The first-order valence-electron chi connectivity index (χ1n) is 5.93. The van der Waals surface area contributed by atoms with Gasteiger partial charge in [-0.3, -0.25) is 0 Å². The second-order valence-electron chi connectivity index (χ2n) is 5.21. The van der Waals surface area contributed by atoms with Gasteiger partial charge in [0.2, 0.25) is 0 Å². The van der Waals surface area contributed by atoms with E-state index in [0.717, 1.165) is 25.0 Å². The number of nitrogens with two attached hydrogens (primary N) is 1. The van der Waals surface area contributed by atoms with Crippen molar-refractivity contribution < 1.29 is 4.74 Å². The van der Waals surface area contributed by atoms with Crippen molar-refractivity contribution in [3.63, 3.8) is 0 Å². The van der Waals surface area contributed by atoms with Gasteiger partial charge in [-0.2, -0.15) is 0 Å². The molecule has 0 bridgehead atoms. The first-order chi connectivity index (χ1) is 6.61. The third-order valence-corrected chi connectivity index (χ3v) is 3.15. The Morgan fingerprint density at radius 1 is 1.21 bits per heavy atom. The van der Waals surface area contributed by atoms with Crippen LogP contribution in [0.1, 0.15) is 40.0 Å². The summed E-state index contributed by atoms with van der Waals surface area (Å²) in [4.78, 5) is 0. The van der Waals surface area contributed by atoms with Crippen molar-refractivity contribution in [2.75, 3.05) is 13.2 Å². The van der Waals surface area contributed by atoms with E-state index in [2.05, 4.69) is 20.8 Å². The molecule has 84 valence electrons. The summed E-state index contributed by atoms with van der Waals surface area (Å²) in [5, 5.41) is 0. The van der Waals surface area contributed by atoms with Gasteiger partial charge in [0.05, 0.1) is 12.7 Å². The van der Waals surface area contributed by atoms with E-state index in [4.69, 9.17) is 10.5 Å². The fraction of sp³-hybridized carbons (Fsp3) is 1.00. The van der Waals surface area contributed by atoms with Crippen molar-refractivity contribution >= 4 is 0 Å². The normalized spacial score (nSPS) is 35.6. The summed E-state index contributed by atoms with van der Waals surface area (Å²) >= 11 is 0. The zero-order chi connectivity index (χ0) is 10.6. The maximum Gasteiger partial charge on any atom is 0.0580 e. The van der Waals surface area contributed by atoms with E-state index in [1.54, 1.807) is 0 Å². The maximum absolute atomic E-state index is 5.90. The standard InChI is InChI=1S/C12H25NO/c1-9-4-10(2)6-12(5-9)14-8-11(3)7-13/h9-12H,4-8,13H2,1-3H3. The minimum atomic E-state index is 0.489. The monoisotopic (exact) mass is 199 g/mol. The number of rotatable bonds is 4. The molecule has 0 aromatic rings. The van der Waals surface area contributed by atoms with Crippen molar-refractivity contribution in [1.29, 1.82) is 0 Å². The van der Waals surface area contributed by atoms with Gasteiger partial charge in [-0.25, -0.2) is 0 Å². The molecular weight excluding hydrogens is 174 g/mol. The smallest absolute Gasteiger partial charge is 0.0580 e. The zero-order valence-electron chi connectivity index (χ0n) is 9.83. The Morgan fingerprint density at radius 3 is 2.29 bits per heavy atom. The van der Waals surface area contributed by atoms with Gasteiger partial charge < -0.3 is 10.5 Å². The molecule has 0 aromatic carbocycles. The molecule has 2 nitrogen and oxygen atoms in total. The molecule has 0 saturated heterocycles. The molecule has 0 aromatic heterocycles. The Bertz CT molecular complexity index is 150. The molecule has 0 spiro atoms. The molecule has 1 aliphatic rings. The summed E-state index contributed by atoms with van der Waals surface area (Å²) in [5.41, 5.74) is 5.56. The minimum Gasteiger partial charge on any atom is -0.378 e. The van der Waals surface area contributed by atoms with Crippen LogP contribution >= 0.6 is 0 Å². The van der Waals surface area contributed by atoms with E-state index in [9.17, 15) is 0 Å². The summed E-state index contributed by atoms with van der Waals surface area (Å²) in [5.74, 6) is 2.16. The lowest BCUT2D eigenvalue weighted by atomic mass is 9.82. The first kappa shape index (κ1) is 12.0. The van der Waals surface area contributed by atoms with Crippen molar-refractivity contribution in [1.82, 2.24) is 0 Å². The lowest BCUT2D eigenvalue weighted by molar-refractivity contribution is -0.0121. The Balaban J connectivity index is 2.23. The molecule has 0 amide bonds. The Morgan fingerprint density at radius 2 is 1.79 bits per heavy atom. The predicted octanol–water partition coefficient (Wildman–Crippen LogP) is 2.42. The molecule has 3 unspecified atom stereocenters. The topological polar surface area (TPSA) is 35.2 Å². The van der Waals surface area contributed by atoms with Crippen LogP contribution in [0.2, 0.25) is 0 Å². The highest BCUT2D eigenvalue weighted by Gasteiger charge is 2.24. The molecule has 0 aliphatic heterocycles. The molecule has 1 saturated carbocycles. The van der Waals surface area contributed by atoms with E-state index in [-0.39, 0.29) is 0 Å². The highest BCUT2D eigenvalue weighted by molar-refractivity contribution is 4.75. The summed E-state index contributed by atoms with van der Waals surface area (Å²) in [6.45, 7) is 8.38. The van der Waals surface area contributed by atoms with Crippen molar-refractivity contribution in [3.05, 3.63) is 0 Å². The molecule has 0 heterocycles. The summed E-state index contributed by atoms with van der Waals surface area (Å²) in [6, 6.07) is 0. The van der Waals surface area contributed by atoms with Crippen LogP contribution in [-0.2, 0) is 4.74 Å². The Labute approximate surface area is 88.2 Å². The molecule has 2 N–H and O–H groups in total. The van der Waals surface area contributed by atoms with Gasteiger partial charge in [0.1, 0.15) is 0 Å². The largest absolute Gasteiger partial charge is 0.378 e. The summed E-state index contributed by atoms with van der Waals surface area (Å²) < 4.78 is 5.90. The van der Waals surface area contributed by atoms with E-state index < -0.39 is 0 Å². The van der Waals surface area contributed by atoms with Gasteiger partial charge in [0.15, 0.2) is 0 Å². The molecule has 1 aliphatic carbocycles. The number of hydrogen-bond acceptors (Lipinski definition) is 2. The fourth-order valence-electron chi connectivity index (χ4n) is 2.38. The lowest BCUT2D eigenvalue weighted by Crippen LogP contribution is -2.29. The maximum atomic E-state index is 5.90. The van der Waals surface area contributed by atoms with Gasteiger partial charge in [-0.15, -0.1) is 0 Å². The van der Waals surface area contributed by atoms with Crippen LogP contribution in [0.5, 0.6) is 0 Å². The summed E-state index contributed by atoms with van der Waals surface area (Å²) in [6.07, 6.45) is 4.33. The Kier molecular flexibility index (Phi) is 4.90. The zero-order valence-corrected chi connectivity index (χ0v) is 9.83. The minimum absolute atomic E-state index is 0.489.